The van der Waals surface area contributed by atoms with E-state index in [9.17, 15) is 4.79 Å². The topological polar surface area (TPSA) is 40.5 Å². The summed E-state index contributed by atoms with van der Waals surface area (Å²) in [5.41, 5.74) is 6.23. The van der Waals surface area contributed by atoms with Gasteiger partial charge in [0.2, 0.25) is 0 Å². The molecule has 1 saturated heterocycles. The molecule has 0 saturated carbocycles. The quantitative estimate of drug-likeness (QED) is 0.472. The molecule has 3 aromatic rings. The molecule has 1 N–H and O–H groups in total. The van der Waals surface area contributed by atoms with Crippen molar-refractivity contribution in [3.63, 3.8) is 0 Å². The molecule has 7 heteroatoms. The number of anilines is 1. The number of carbonyl (C=O) groups excluding carboxylic acids is 1. The van der Waals surface area contributed by atoms with E-state index in [1.165, 1.54) is 0 Å². The summed E-state index contributed by atoms with van der Waals surface area (Å²) in [6, 6.07) is 16.2. The van der Waals surface area contributed by atoms with Crippen LogP contribution in [0, 0.1) is 6.92 Å². The van der Waals surface area contributed by atoms with Crippen molar-refractivity contribution < 1.29 is 4.79 Å². The summed E-state index contributed by atoms with van der Waals surface area (Å²) in [4.78, 5) is 17.6. The lowest BCUT2D eigenvalue weighted by molar-refractivity contribution is 0.0961. The average molecular weight is 499 g/mol. The van der Waals surface area contributed by atoms with Crippen LogP contribution in [0.2, 0.25) is 10.0 Å². The summed E-state index contributed by atoms with van der Waals surface area (Å²) in [6.07, 6.45) is 1.85. The van der Waals surface area contributed by atoms with E-state index in [2.05, 4.69) is 31.8 Å². The second-order valence-electron chi connectivity index (χ2n) is 8.80. The van der Waals surface area contributed by atoms with E-state index in [4.69, 9.17) is 23.2 Å². The van der Waals surface area contributed by atoms with Crippen LogP contribution in [0.5, 0.6) is 0 Å². The summed E-state index contributed by atoms with van der Waals surface area (Å²) in [5.74, 6) is -0.0164. The average Bonchev–Trinajstić information content (AvgIpc) is 3.11. The van der Waals surface area contributed by atoms with E-state index < -0.39 is 0 Å². The highest BCUT2D eigenvalue weighted by molar-refractivity contribution is 6.43. The van der Waals surface area contributed by atoms with Crippen LogP contribution in [-0.2, 0) is 13.5 Å². The number of rotatable bonds is 7. The fraction of sp³-hybridized carbons (Fsp3) is 0.370. The highest BCUT2D eigenvalue weighted by Gasteiger charge is 2.24. The zero-order valence-electron chi connectivity index (χ0n) is 20.1. The van der Waals surface area contributed by atoms with Gasteiger partial charge in [-0.2, -0.15) is 0 Å². The standard InChI is InChI=1S/C27H32Cl2N4O/c1-19-24(27(34)30-2)21(26(31(19)3)20-9-5-4-6-10-20)11-8-14-32-15-17-33(18-16-32)23-13-7-12-22(28)25(23)29/h4-7,9-10,12-13H,8,11,14-18H2,1-3H3,(H,30,34). The van der Waals surface area contributed by atoms with Crippen LogP contribution in [0.1, 0.15) is 28.0 Å². The third kappa shape index (κ3) is 4.97. The first-order valence-corrected chi connectivity index (χ1v) is 12.5. The Morgan fingerprint density at radius 2 is 1.71 bits per heavy atom. The molecule has 0 spiro atoms. The van der Waals surface area contributed by atoms with E-state index in [1.54, 1.807) is 7.05 Å². The molecule has 34 heavy (non-hydrogen) atoms. The Hall–Kier alpha value is -2.47. The molecule has 2 heterocycles. The van der Waals surface area contributed by atoms with Crippen molar-refractivity contribution in [2.75, 3.05) is 44.7 Å². The van der Waals surface area contributed by atoms with Crippen molar-refractivity contribution in [3.05, 3.63) is 75.4 Å². The molecule has 0 bridgehead atoms. The predicted molar refractivity (Wildman–Crippen MR) is 142 cm³/mol. The second kappa shape index (κ2) is 10.9. The summed E-state index contributed by atoms with van der Waals surface area (Å²) in [7, 11) is 3.75. The Kier molecular flexibility index (Phi) is 7.87. The van der Waals surface area contributed by atoms with Crippen LogP contribution in [0.25, 0.3) is 11.3 Å². The first-order valence-electron chi connectivity index (χ1n) is 11.8. The van der Waals surface area contributed by atoms with Crippen molar-refractivity contribution in [2.45, 2.75) is 19.8 Å². The fourth-order valence-electron chi connectivity index (χ4n) is 4.94. The minimum absolute atomic E-state index is 0.0164. The summed E-state index contributed by atoms with van der Waals surface area (Å²) >= 11 is 12.6. The normalized spacial score (nSPS) is 14.4. The van der Waals surface area contributed by atoms with Crippen molar-refractivity contribution in [3.8, 4) is 11.3 Å². The molecule has 0 unspecified atom stereocenters. The van der Waals surface area contributed by atoms with Gasteiger partial charge in [0.05, 0.1) is 27.0 Å². The maximum Gasteiger partial charge on any atom is 0.253 e. The van der Waals surface area contributed by atoms with E-state index >= 15 is 0 Å². The summed E-state index contributed by atoms with van der Waals surface area (Å²) in [6.45, 7) is 6.81. The van der Waals surface area contributed by atoms with Gasteiger partial charge in [0.15, 0.2) is 0 Å². The number of halogens is 2. The van der Waals surface area contributed by atoms with Gasteiger partial charge < -0.3 is 14.8 Å². The molecule has 0 radical (unpaired) electrons. The molecule has 1 aromatic heterocycles. The van der Waals surface area contributed by atoms with Crippen LogP contribution in [0.15, 0.2) is 48.5 Å². The smallest absolute Gasteiger partial charge is 0.253 e. The third-order valence-electron chi connectivity index (χ3n) is 6.83. The number of aromatic nitrogens is 1. The number of piperazine rings is 1. The number of benzene rings is 2. The first-order chi connectivity index (χ1) is 16.4. The predicted octanol–water partition coefficient (Wildman–Crippen LogP) is 5.42. The highest BCUT2D eigenvalue weighted by atomic mass is 35.5. The Morgan fingerprint density at radius 3 is 2.38 bits per heavy atom. The van der Waals surface area contributed by atoms with Gasteiger partial charge in [-0.3, -0.25) is 9.69 Å². The van der Waals surface area contributed by atoms with Crippen molar-refractivity contribution >= 4 is 34.8 Å². The minimum atomic E-state index is -0.0164. The zero-order chi connectivity index (χ0) is 24.2. The molecule has 1 aliphatic heterocycles. The number of nitrogens with zero attached hydrogens (tertiary/aromatic N) is 3. The lowest BCUT2D eigenvalue weighted by Gasteiger charge is -2.36. The molecular formula is C27H32Cl2N4O. The SMILES string of the molecule is CNC(=O)c1c(CCCN2CCN(c3cccc(Cl)c3Cl)CC2)c(-c2ccccc2)n(C)c1C. The number of amides is 1. The Labute approximate surface area is 212 Å². The van der Waals surface area contributed by atoms with Gasteiger partial charge in [0.25, 0.3) is 5.91 Å². The van der Waals surface area contributed by atoms with Crippen LogP contribution >= 0.6 is 23.2 Å². The zero-order valence-corrected chi connectivity index (χ0v) is 21.6. The number of hydrogen-bond donors (Lipinski definition) is 1. The van der Waals surface area contributed by atoms with E-state index in [0.717, 1.165) is 79.3 Å². The van der Waals surface area contributed by atoms with Gasteiger partial charge in [-0.15, -0.1) is 0 Å². The third-order valence-corrected chi connectivity index (χ3v) is 7.64. The summed E-state index contributed by atoms with van der Waals surface area (Å²) in [5, 5.41) is 4.06. The van der Waals surface area contributed by atoms with Crippen LogP contribution < -0.4 is 10.2 Å². The Morgan fingerprint density at radius 1 is 1.00 bits per heavy atom. The number of carbonyl (C=O) groups is 1. The first kappa shape index (κ1) is 24.6. The molecule has 0 atom stereocenters. The maximum atomic E-state index is 12.8. The van der Waals surface area contributed by atoms with Crippen molar-refractivity contribution in [2.24, 2.45) is 7.05 Å². The highest BCUT2D eigenvalue weighted by Crippen LogP contribution is 2.34. The monoisotopic (exact) mass is 498 g/mol. The van der Waals surface area contributed by atoms with E-state index in [-0.39, 0.29) is 5.91 Å². The minimum Gasteiger partial charge on any atom is -0.368 e. The number of nitrogens with one attached hydrogen (secondary N) is 1. The molecule has 1 aliphatic rings. The van der Waals surface area contributed by atoms with Gasteiger partial charge in [0.1, 0.15) is 0 Å². The van der Waals surface area contributed by atoms with Gasteiger partial charge in [-0.05, 0) is 49.6 Å². The molecule has 180 valence electrons. The molecule has 1 amide bonds. The van der Waals surface area contributed by atoms with Gasteiger partial charge in [0, 0.05) is 46.0 Å². The maximum absolute atomic E-state index is 12.8. The van der Waals surface area contributed by atoms with E-state index in [0.29, 0.717) is 10.0 Å². The van der Waals surface area contributed by atoms with Crippen molar-refractivity contribution in [1.29, 1.82) is 0 Å². The van der Waals surface area contributed by atoms with Gasteiger partial charge in [-0.25, -0.2) is 0 Å². The van der Waals surface area contributed by atoms with Crippen molar-refractivity contribution in [1.82, 2.24) is 14.8 Å². The lowest BCUT2D eigenvalue weighted by Crippen LogP contribution is -2.46. The number of hydrogen-bond acceptors (Lipinski definition) is 3. The molecule has 1 fully saturated rings. The molecule has 5 nitrogen and oxygen atoms in total. The van der Waals surface area contributed by atoms with E-state index in [1.807, 2.05) is 50.4 Å². The van der Waals surface area contributed by atoms with Gasteiger partial charge in [-0.1, -0.05) is 59.6 Å². The molecule has 2 aromatic carbocycles. The fourth-order valence-corrected chi connectivity index (χ4v) is 5.35. The van der Waals surface area contributed by atoms with Crippen LogP contribution in [0.3, 0.4) is 0 Å². The van der Waals surface area contributed by atoms with Gasteiger partial charge >= 0.3 is 0 Å². The molecule has 0 aliphatic carbocycles. The Bertz CT molecular complexity index is 1150. The van der Waals surface area contributed by atoms with Crippen LogP contribution in [-0.4, -0.2) is 55.1 Å². The van der Waals surface area contributed by atoms with Crippen LogP contribution in [0.4, 0.5) is 5.69 Å². The molecular weight excluding hydrogens is 467 g/mol. The largest absolute Gasteiger partial charge is 0.368 e. The summed E-state index contributed by atoms with van der Waals surface area (Å²) < 4.78 is 2.16. The lowest BCUT2D eigenvalue weighted by atomic mass is 9.99. The molecule has 4 rings (SSSR count). The Balaban J connectivity index is 1.45. The second-order valence-corrected chi connectivity index (χ2v) is 9.58.